The van der Waals surface area contributed by atoms with E-state index in [-0.39, 0.29) is 4.90 Å². The summed E-state index contributed by atoms with van der Waals surface area (Å²) < 4.78 is 24.5. The van der Waals surface area contributed by atoms with Gasteiger partial charge in [-0.1, -0.05) is 24.3 Å². The van der Waals surface area contributed by atoms with Gasteiger partial charge in [-0.25, -0.2) is 8.42 Å². The first-order chi connectivity index (χ1) is 9.12. The fraction of sp³-hybridized carbons (Fsp3) is 0.357. The monoisotopic (exact) mass is 282 g/mol. The summed E-state index contributed by atoms with van der Waals surface area (Å²) in [6.45, 7) is -0.394. The van der Waals surface area contributed by atoms with E-state index in [0.717, 1.165) is 0 Å². The van der Waals surface area contributed by atoms with Crippen molar-refractivity contribution in [2.45, 2.75) is 29.4 Å². The maximum Gasteiger partial charge on any atom is 0.183 e. The largest absolute Gasteiger partial charge is 0.395 e. The summed E-state index contributed by atoms with van der Waals surface area (Å²) in [7, 11) is -3.49. The molecule has 1 rings (SSSR count). The Bertz CT molecular complexity index is 506. The maximum atomic E-state index is 12.2. The molecule has 0 amide bonds. The van der Waals surface area contributed by atoms with E-state index in [2.05, 4.69) is 0 Å². The smallest absolute Gasteiger partial charge is 0.183 e. The Morgan fingerprint density at radius 2 is 1.89 bits per heavy atom. The summed E-state index contributed by atoms with van der Waals surface area (Å²) >= 11 is 0. The second-order valence-electron chi connectivity index (χ2n) is 4.16. The molecule has 1 aromatic rings. The maximum absolute atomic E-state index is 12.2. The lowest BCUT2D eigenvalue weighted by Crippen LogP contribution is -2.25. The average molecular weight is 282 g/mol. The SMILES string of the molecule is O=C/C=C/CCCC(CO)S(=O)(=O)c1ccccc1. The Labute approximate surface area is 113 Å². The van der Waals surface area contributed by atoms with E-state index in [0.29, 0.717) is 25.5 Å². The third kappa shape index (κ3) is 4.61. The van der Waals surface area contributed by atoms with Gasteiger partial charge in [0, 0.05) is 0 Å². The van der Waals surface area contributed by atoms with Crippen LogP contribution in [0.25, 0.3) is 0 Å². The van der Waals surface area contributed by atoms with Crippen LogP contribution in [0.5, 0.6) is 0 Å². The zero-order chi connectivity index (χ0) is 14.1. The van der Waals surface area contributed by atoms with E-state index >= 15 is 0 Å². The number of aliphatic hydroxyl groups excluding tert-OH is 1. The summed E-state index contributed by atoms with van der Waals surface area (Å²) in [6, 6.07) is 8.13. The van der Waals surface area contributed by atoms with Crippen molar-refractivity contribution in [1.29, 1.82) is 0 Å². The summed E-state index contributed by atoms with van der Waals surface area (Å²) in [4.78, 5) is 10.3. The van der Waals surface area contributed by atoms with Gasteiger partial charge in [-0.15, -0.1) is 0 Å². The number of allylic oxidation sites excluding steroid dienone is 2. The molecule has 104 valence electrons. The second kappa shape index (κ2) is 7.86. The van der Waals surface area contributed by atoms with Gasteiger partial charge in [-0.3, -0.25) is 4.79 Å². The van der Waals surface area contributed by atoms with Crippen molar-refractivity contribution in [2.24, 2.45) is 0 Å². The fourth-order valence-electron chi connectivity index (χ4n) is 1.76. The van der Waals surface area contributed by atoms with Crippen LogP contribution in [0.3, 0.4) is 0 Å². The van der Waals surface area contributed by atoms with Crippen molar-refractivity contribution < 1.29 is 18.3 Å². The van der Waals surface area contributed by atoms with E-state index in [1.165, 1.54) is 18.2 Å². The van der Waals surface area contributed by atoms with Crippen molar-refractivity contribution in [3.63, 3.8) is 0 Å². The molecule has 0 aliphatic carbocycles. The van der Waals surface area contributed by atoms with Gasteiger partial charge in [0.25, 0.3) is 0 Å². The molecule has 19 heavy (non-hydrogen) atoms. The molecular weight excluding hydrogens is 264 g/mol. The van der Waals surface area contributed by atoms with E-state index in [4.69, 9.17) is 0 Å². The number of aliphatic hydroxyl groups is 1. The highest BCUT2D eigenvalue weighted by atomic mass is 32.2. The molecule has 0 saturated heterocycles. The molecule has 4 nitrogen and oxygen atoms in total. The van der Waals surface area contributed by atoms with Crippen LogP contribution in [-0.2, 0) is 14.6 Å². The Morgan fingerprint density at radius 1 is 1.21 bits per heavy atom. The molecule has 5 heteroatoms. The van der Waals surface area contributed by atoms with Gasteiger partial charge >= 0.3 is 0 Å². The lowest BCUT2D eigenvalue weighted by molar-refractivity contribution is -0.104. The predicted octanol–water partition coefficient (Wildman–Crippen LogP) is 1.75. The molecule has 0 aliphatic heterocycles. The van der Waals surface area contributed by atoms with Crippen LogP contribution in [0.2, 0.25) is 0 Å². The van der Waals surface area contributed by atoms with E-state index in [1.807, 2.05) is 0 Å². The van der Waals surface area contributed by atoms with Gasteiger partial charge in [-0.2, -0.15) is 0 Å². The first-order valence-electron chi connectivity index (χ1n) is 6.13. The molecule has 1 N–H and O–H groups in total. The highest BCUT2D eigenvalue weighted by Gasteiger charge is 2.25. The number of aldehydes is 1. The third-order valence-corrected chi connectivity index (χ3v) is 5.02. The van der Waals surface area contributed by atoms with Gasteiger partial charge in [0.1, 0.15) is 6.29 Å². The van der Waals surface area contributed by atoms with Crippen molar-refractivity contribution >= 4 is 16.1 Å². The van der Waals surface area contributed by atoms with Crippen LogP contribution in [0.15, 0.2) is 47.4 Å². The average Bonchev–Trinajstić information content (AvgIpc) is 2.43. The Balaban J connectivity index is 2.69. The number of hydrogen-bond acceptors (Lipinski definition) is 4. The highest BCUT2D eigenvalue weighted by Crippen LogP contribution is 2.19. The minimum Gasteiger partial charge on any atom is -0.395 e. The van der Waals surface area contributed by atoms with E-state index < -0.39 is 21.7 Å². The molecule has 0 aromatic heterocycles. The lowest BCUT2D eigenvalue weighted by Gasteiger charge is -2.14. The van der Waals surface area contributed by atoms with Gasteiger partial charge in [0.15, 0.2) is 9.84 Å². The minimum absolute atomic E-state index is 0.234. The number of rotatable bonds is 8. The van der Waals surface area contributed by atoms with E-state index in [9.17, 15) is 18.3 Å². The predicted molar refractivity (Wildman–Crippen MR) is 73.6 cm³/mol. The molecule has 0 fully saturated rings. The second-order valence-corrected chi connectivity index (χ2v) is 6.39. The zero-order valence-corrected chi connectivity index (χ0v) is 11.4. The van der Waals surface area contributed by atoms with Gasteiger partial charge in [0.2, 0.25) is 0 Å². The molecular formula is C14H18O4S. The number of benzene rings is 1. The molecule has 1 unspecified atom stereocenters. The number of carbonyl (C=O) groups is 1. The molecule has 1 atom stereocenters. The molecule has 0 saturated carbocycles. The summed E-state index contributed by atoms with van der Waals surface area (Å²) in [6.07, 6.45) is 5.37. The van der Waals surface area contributed by atoms with Gasteiger partial charge in [0.05, 0.1) is 16.8 Å². The summed E-state index contributed by atoms with van der Waals surface area (Å²) in [5.41, 5.74) is 0. The summed E-state index contributed by atoms with van der Waals surface area (Å²) in [5, 5.41) is 8.48. The van der Waals surface area contributed by atoms with Crippen LogP contribution < -0.4 is 0 Å². The zero-order valence-electron chi connectivity index (χ0n) is 10.6. The first kappa shape index (κ1) is 15.6. The topological polar surface area (TPSA) is 71.4 Å². The van der Waals surface area contributed by atoms with Crippen LogP contribution in [0, 0.1) is 0 Å². The number of carbonyl (C=O) groups excluding carboxylic acids is 1. The quantitative estimate of drug-likeness (QED) is 0.448. The molecule has 0 aliphatic rings. The lowest BCUT2D eigenvalue weighted by atomic mass is 10.2. The number of hydrogen-bond donors (Lipinski definition) is 1. The van der Waals surface area contributed by atoms with Crippen LogP contribution in [-0.4, -0.2) is 31.7 Å². The Hall–Kier alpha value is -1.46. The first-order valence-corrected chi connectivity index (χ1v) is 7.67. The molecule has 1 aromatic carbocycles. The Kier molecular flexibility index (Phi) is 6.45. The molecule has 0 bridgehead atoms. The molecule has 0 spiro atoms. The van der Waals surface area contributed by atoms with Crippen LogP contribution in [0.1, 0.15) is 19.3 Å². The summed E-state index contributed by atoms with van der Waals surface area (Å²) in [5.74, 6) is 0. The van der Waals surface area contributed by atoms with Gasteiger partial charge < -0.3 is 5.11 Å². The van der Waals surface area contributed by atoms with Crippen molar-refractivity contribution in [2.75, 3.05) is 6.61 Å². The Morgan fingerprint density at radius 3 is 2.47 bits per heavy atom. The van der Waals surface area contributed by atoms with Crippen LogP contribution >= 0.6 is 0 Å². The number of sulfone groups is 1. The van der Waals surface area contributed by atoms with Crippen molar-refractivity contribution in [3.05, 3.63) is 42.5 Å². The van der Waals surface area contributed by atoms with Crippen LogP contribution in [0.4, 0.5) is 0 Å². The fourth-order valence-corrected chi connectivity index (χ4v) is 3.36. The minimum atomic E-state index is -3.49. The highest BCUT2D eigenvalue weighted by molar-refractivity contribution is 7.92. The van der Waals surface area contributed by atoms with E-state index in [1.54, 1.807) is 24.3 Å². The van der Waals surface area contributed by atoms with Crippen molar-refractivity contribution in [1.82, 2.24) is 0 Å². The molecule has 0 radical (unpaired) electrons. The standard InChI is InChI=1S/C14H18O4S/c15-11-7-2-1-4-10-14(12-16)19(17,18)13-8-5-3-6-9-13/h2-3,5-9,11,14,16H,1,4,10,12H2/b7-2+. The molecule has 0 heterocycles. The normalized spacial score (nSPS) is 13.5. The van der Waals surface area contributed by atoms with Gasteiger partial charge in [-0.05, 0) is 37.5 Å². The third-order valence-electron chi connectivity index (χ3n) is 2.83. The number of unbranched alkanes of at least 4 members (excludes halogenated alkanes) is 1. The van der Waals surface area contributed by atoms with Crippen molar-refractivity contribution in [3.8, 4) is 0 Å².